The standard InChI is InChI=1S/C29H47N3O4/c1-4-19-36-25-11-9-24(10-12-25)22-32-17-14-29(15-18-32)13-6-7-20-35-21-8-16-30-27(33)26(23(3)5-2)31-28(29)34/h9-12,23,26H,4-8,13-22H2,1-3H3,(H,30,33)(H,31,34)/t23-,26-/m0/s1. The summed E-state index contributed by atoms with van der Waals surface area (Å²) in [6.45, 7) is 11.5. The topological polar surface area (TPSA) is 79.9 Å². The minimum absolute atomic E-state index is 0.0537. The molecule has 0 aromatic heterocycles. The van der Waals surface area contributed by atoms with E-state index in [1.807, 2.05) is 19.1 Å². The molecular formula is C29H47N3O4. The van der Waals surface area contributed by atoms with Gasteiger partial charge in [0.2, 0.25) is 11.8 Å². The Morgan fingerprint density at radius 2 is 1.78 bits per heavy atom. The number of benzene rings is 1. The lowest BCUT2D eigenvalue weighted by molar-refractivity contribution is -0.139. The lowest BCUT2D eigenvalue weighted by Gasteiger charge is -2.42. The van der Waals surface area contributed by atoms with E-state index in [1.54, 1.807) is 0 Å². The summed E-state index contributed by atoms with van der Waals surface area (Å²) in [5, 5.41) is 6.22. The Morgan fingerprint density at radius 3 is 2.47 bits per heavy atom. The molecule has 36 heavy (non-hydrogen) atoms. The molecule has 2 saturated heterocycles. The van der Waals surface area contributed by atoms with Crippen molar-refractivity contribution in [1.82, 2.24) is 15.5 Å². The van der Waals surface area contributed by atoms with Gasteiger partial charge >= 0.3 is 0 Å². The molecule has 2 N–H and O–H groups in total. The predicted molar refractivity (Wildman–Crippen MR) is 143 cm³/mol. The molecule has 2 atom stereocenters. The van der Waals surface area contributed by atoms with Crippen LogP contribution in [0.3, 0.4) is 0 Å². The first-order valence-corrected chi connectivity index (χ1v) is 14.1. The number of amides is 2. The van der Waals surface area contributed by atoms with Gasteiger partial charge in [-0.1, -0.05) is 45.7 Å². The maximum Gasteiger partial charge on any atom is 0.242 e. The average molecular weight is 502 g/mol. The van der Waals surface area contributed by atoms with Crippen molar-refractivity contribution in [2.75, 3.05) is 39.5 Å². The molecule has 0 saturated carbocycles. The second-order valence-corrected chi connectivity index (χ2v) is 10.6. The van der Waals surface area contributed by atoms with Gasteiger partial charge in [-0.05, 0) is 75.2 Å². The van der Waals surface area contributed by atoms with E-state index in [-0.39, 0.29) is 17.7 Å². The minimum atomic E-state index is -0.491. The Bertz CT molecular complexity index is 805. The van der Waals surface area contributed by atoms with Gasteiger partial charge in [0.25, 0.3) is 0 Å². The predicted octanol–water partition coefficient (Wildman–Crippen LogP) is 4.30. The number of hydrogen-bond donors (Lipinski definition) is 2. The number of likely N-dealkylation sites (tertiary alicyclic amines) is 1. The van der Waals surface area contributed by atoms with Gasteiger partial charge in [0, 0.05) is 26.3 Å². The summed E-state index contributed by atoms with van der Waals surface area (Å²) in [5.74, 6) is 0.977. The van der Waals surface area contributed by atoms with E-state index in [0.29, 0.717) is 19.8 Å². The van der Waals surface area contributed by atoms with E-state index in [9.17, 15) is 9.59 Å². The van der Waals surface area contributed by atoms with Crippen molar-refractivity contribution in [2.24, 2.45) is 11.3 Å². The molecule has 2 aliphatic rings. The lowest BCUT2D eigenvalue weighted by atomic mass is 9.73. The van der Waals surface area contributed by atoms with Gasteiger partial charge in [0.05, 0.1) is 12.0 Å². The minimum Gasteiger partial charge on any atom is -0.494 e. The Hall–Kier alpha value is -2.12. The molecule has 2 amide bonds. The molecule has 0 radical (unpaired) electrons. The molecule has 0 aliphatic carbocycles. The van der Waals surface area contributed by atoms with E-state index in [1.165, 1.54) is 5.56 Å². The molecule has 1 spiro atoms. The molecule has 7 nitrogen and oxygen atoms in total. The van der Waals surface area contributed by atoms with Crippen molar-refractivity contribution >= 4 is 11.8 Å². The summed E-state index contributed by atoms with van der Waals surface area (Å²) in [5.41, 5.74) is 0.834. The number of piperidine rings is 1. The van der Waals surface area contributed by atoms with Gasteiger partial charge in [-0.25, -0.2) is 0 Å². The maximum absolute atomic E-state index is 13.8. The quantitative estimate of drug-likeness (QED) is 0.583. The zero-order valence-corrected chi connectivity index (χ0v) is 22.7. The molecular weight excluding hydrogens is 454 g/mol. The van der Waals surface area contributed by atoms with Crippen LogP contribution in [-0.2, 0) is 20.9 Å². The second kappa shape index (κ2) is 14.6. The van der Waals surface area contributed by atoms with Crippen LogP contribution >= 0.6 is 0 Å². The number of rotatable bonds is 7. The molecule has 0 unspecified atom stereocenters. The fourth-order valence-electron chi connectivity index (χ4n) is 5.16. The van der Waals surface area contributed by atoms with Crippen molar-refractivity contribution in [1.29, 1.82) is 0 Å². The van der Waals surface area contributed by atoms with Gasteiger partial charge < -0.3 is 20.1 Å². The summed E-state index contributed by atoms with van der Waals surface area (Å²) < 4.78 is 11.5. The van der Waals surface area contributed by atoms with E-state index in [2.05, 4.69) is 41.5 Å². The summed E-state index contributed by atoms with van der Waals surface area (Å²) >= 11 is 0. The van der Waals surface area contributed by atoms with E-state index >= 15 is 0 Å². The maximum atomic E-state index is 13.8. The molecule has 1 aromatic carbocycles. The van der Waals surface area contributed by atoms with Crippen LogP contribution in [0.25, 0.3) is 0 Å². The first-order valence-electron chi connectivity index (χ1n) is 14.1. The first-order chi connectivity index (χ1) is 17.5. The average Bonchev–Trinajstić information content (AvgIpc) is 2.90. The van der Waals surface area contributed by atoms with Gasteiger partial charge in [0.15, 0.2) is 0 Å². The number of hydrogen-bond acceptors (Lipinski definition) is 5. The van der Waals surface area contributed by atoms with E-state index in [4.69, 9.17) is 9.47 Å². The zero-order chi connectivity index (χ0) is 25.8. The SMILES string of the molecule is CCCOc1ccc(CN2CCC3(CCCCOCCCNC(=O)[C@H]([C@@H](C)CC)NC3=O)CC2)cc1. The van der Waals surface area contributed by atoms with E-state index in [0.717, 1.165) is 83.4 Å². The third-order valence-corrected chi connectivity index (χ3v) is 7.84. The Morgan fingerprint density at radius 1 is 1.06 bits per heavy atom. The van der Waals surface area contributed by atoms with Crippen molar-refractivity contribution in [3.05, 3.63) is 29.8 Å². The molecule has 2 aliphatic heterocycles. The van der Waals surface area contributed by atoms with Crippen molar-refractivity contribution in [2.45, 2.75) is 84.7 Å². The normalized spacial score (nSPS) is 23.4. The largest absolute Gasteiger partial charge is 0.494 e. The van der Waals surface area contributed by atoms with Crippen LogP contribution in [0.2, 0.25) is 0 Å². The number of nitrogens with one attached hydrogen (secondary N) is 2. The first kappa shape index (κ1) is 28.5. The van der Waals surface area contributed by atoms with E-state index < -0.39 is 11.5 Å². The highest BCUT2D eigenvalue weighted by molar-refractivity contribution is 5.90. The van der Waals surface area contributed by atoms with Crippen LogP contribution in [0.4, 0.5) is 0 Å². The highest BCUT2D eigenvalue weighted by Crippen LogP contribution is 2.38. The van der Waals surface area contributed by atoms with Gasteiger partial charge in [-0.3, -0.25) is 14.5 Å². The van der Waals surface area contributed by atoms with Crippen LogP contribution in [0, 0.1) is 11.3 Å². The van der Waals surface area contributed by atoms with Gasteiger partial charge in [-0.2, -0.15) is 0 Å². The second-order valence-electron chi connectivity index (χ2n) is 10.6. The molecule has 2 heterocycles. The molecule has 202 valence electrons. The highest BCUT2D eigenvalue weighted by atomic mass is 16.5. The van der Waals surface area contributed by atoms with Crippen LogP contribution in [-0.4, -0.2) is 62.2 Å². The monoisotopic (exact) mass is 501 g/mol. The summed E-state index contributed by atoms with van der Waals surface area (Å²) in [4.78, 5) is 29.2. The summed E-state index contributed by atoms with van der Waals surface area (Å²) in [7, 11) is 0. The van der Waals surface area contributed by atoms with Crippen LogP contribution in [0.1, 0.15) is 77.7 Å². The molecule has 7 heteroatoms. The van der Waals surface area contributed by atoms with Gasteiger partial charge in [-0.15, -0.1) is 0 Å². The number of ether oxygens (including phenoxy) is 2. The van der Waals surface area contributed by atoms with Gasteiger partial charge in [0.1, 0.15) is 11.8 Å². The molecule has 0 bridgehead atoms. The van der Waals surface area contributed by atoms with Crippen LogP contribution < -0.4 is 15.4 Å². The fourth-order valence-corrected chi connectivity index (χ4v) is 5.16. The molecule has 2 fully saturated rings. The number of carbonyl (C=O) groups excluding carboxylic acids is 2. The van der Waals surface area contributed by atoms with Crippen molar-refractivity contribution in [3.63, 3.8) is 0 Å². The molecule has 1 aromatic rings. The van der Waals surface area contributed by atoms with Crippen LogP contribution in [0.15, 0.2) is 24.3 Å². The van der Waals surface area contributed by atoms with Crippen LogP contribution in [0.5, 0.6) is 5.75 Å². The highest BCUT2D eigenvalue weighted by Gasteiger charge is 2.42. The third-order valence-electron chi connectivity index (χ3n) is 7.84. The number of carbonyl (C=O) groups is 2. The number of nitrogens with zero attached hydrogens (tertiary/aromatic N) is 1. The zero-order valence-electron chi connectivity index (χ0n) is 22.7. The molecule has 3 rings (SSSR count). The van der Waals surface area contributed by atoms with Crippen molar-refractivity contribution in [3.8, 4) is 5.75 Å². The Labute approximate surface area is 217 Å². The third kappa shape index (κ3) is 8.20. The Balaban J connectivity index is 1.65. The lowest BCUT2D eigenvalue weighted by Crippen LogP contribution is -2.56. The Kier molecular flexibility index (Phi) is 11.5. The summed E-state index contributed by atoms with van der Waals surface area (Å²) in [6.07, 6.45) is 7.03. The summed E-state index contributed by atoms with van der Waals surface area (Å²) in [6, 6.07) is 7.88. The fraction of sp³-hybridized carbons (Fsp3) is 0.724. The van der Waals surface area contributed by atoms with Crippen molar-refractivity contribution < 1.29 is 19.1 Å². The smallest absolute Gasteiger partial charge is 0.242 e.